The lowest BCUT2D eigenvalue weighted by molar-refractivity contribution is 0.102. The van der Waals surface area contributed by atoms with E-state index < -0.39 is 36.5 Å². The third kappa shape index (κ3) is 3.99. The van der Waals surface area contributed by atoms with Gasteiger partial charge in [-0.3, -0.25) is 14.2 Å². The molecule has 3 N–H and O–H groups in total. The van der Waals surface area contributed by atoms with Gasteiger partial charge < -0.3 is 15.5 Å². The number of aryl methyl sites for hydroxylation is 1. The molecule has 0 fully saturated rings. The highest BCUT2D eigenvalue weighted by molar-refractivity contribution is 6.02. The number of hydrogen-bond acceptors (Lipinski definition) is 5. The highest BCUT2D eigenvalue weighted by atomic mass is 19.1. The number of benzene rings is 1. The van der Waals surface area contributed by atoms with Gasteiger partial charge in [0, 0.05) is 24.1 Å². The number of amidine groups is 1. The Bertz CT molecular complexity index is 930. The fraction of sp³-hybridized carbons (Fsp3) is 0.450. The number of alkyl halides is 2. The summed E-state index contributed by atoms with van der Waals surface area (Å²) in [6.45, 7) is 1.69. The smallest absolute Gasteiger partial charge is 0.277 e. The van der Waals surface area contributed by atoms with Crippen LogP contribution in [0.4, 0.5) is 18.9 Å². The standard InChI is InChI=1S/C20H23F3N4O2/c1-3-14-12(8-21)7-20(10-22,27-18(14)24)15-6-13(4-5-16(15)23)26-19(28)17-9-29-11(2)25-17/h4-6,9,12,14H,3,7-8,10H2,1-2H3,(H2,24,27)(H,26,28)/t12-,14?,20+/m0/s1. The van der Waals surface area contributed by atoms with Crippen molar-refractivity contribution < 1.29 is 22.4 Å². The maximum atomic E-state index is 14.7. The Morgan fingerprint density at radius 2 is 2.17 bits per heavy atom. The average Bonchev–Trinajstić information content (AvgIpc) is 3.15. The van der Waals surface area contributed by atoms with Gasteiger partial charge in [-0.2, -0.15) is 0 Å². The lowest BCUT2D eigenvalue weighted by Crippen LogP contribution is -2.45. The van der Waals surface area contributed by atoms with Crippen LogP contribution in [0.2, 0.25) is 0 Å². The molecule has 2 heterocycles. The van der Waals surface area contributed by atoms with Crippen molar-refractivity contribution in [3.05, 3.63) is 47.4 Å². The highest BCUT2D eigenvalue weighted by Crippen LogP contribution is 2.43. The number of carbonyl (C=O) groups is 1. The van der Waals surface area contributed by atoms with Gasteiger partial charge in [-0.25, -0.2) is 13.8 Å². The second-order valence-electron chi connectivity index (χ2n) is 7.24. The fourth-order valence-corrected chi connectivity index (χ4v) is 3.85. The maximum absolute atomic E-state index is 14.7. The number of nitrogens with one attached hydrogen (secondary N) is 1. The number of aromatic nitrogens is 1. The summed E-state index contributed by atoms with van der Waals surface area (Å²) in [6, 6.07) is 3.75. The molecule has 1 aromatic heterocycles. The predicted octanol–water partition coefficient (Wildman–Crippen LogP) is 3.91. The van der Waals surface area contributed by atoms with Gasteiger partial charge in [-0.05, 0) is 37.0 Å². The minimum absolute atomic E-state index is 0.0178. The summed E-state index contributed by atoms with van der Waals surface area (Å²) in [5, 5.41) is 2.57. The highest BCUT2D eigenvalue weighted by Gasteiger charge is 2.44. The molecular weight excluding hydrogens is 385 g/mol. The average molecular weight is 408 g/mol. The lowest BCUT2D eigenvalue weighted by Gasteiger charge is -2.39. The third-order valence-corrected chi connectivity index (χ3v) is 5.33. The Morgan fingerprint density at radius 3 is 2.76 bits per heavy atom. The normalized spacial score (nSPS) is 24.2. The molecular formula is C20H23F3N4O2. The first-order valence-electron chi connectivity index (χ1n) is 9.34. The molecule has 0 bridgehead atoms. The molecule has 0 aliphatic carbocycles. The summed E-state index contributed by atoms with van der Waals surface area (Å²) in [4.78, 5) is 20.5. The zero-order valence-electron chi connectivity index (χ0n) is 16.2. The second-order valence-corrected chi connectivity index (χ2v) is 7.24. The van der Waals surface area contributed by atoms with Crippen molar-refractivity contribution in [2.45, 2.75) is 32.2 Å². The number of aliphatic imine (C=N–C) groups is 1. The van der Waals surface area contributed by atoms with Gasteiger partial charge in [0.2, 0.25) is 0 Å². The monoisotopic (exact) mass is 408 g/mol. The minimum atomic E-state index is -1.64. The van der Waals surface area contributed by atoms with Crippen LogP contribution < -0.4 is 11.1 Å². The summed E-state index contributed by atoms with van der Waals surface area (Å²) < 4.78 is 47.5. The van der Waals surface area contributed by atoms with Crippen molar-refractivity contribution in [1.29, 1.82) is 0 Å². The van der Waals surface area contributed by atoms with Crippen LogP contribution in [0.25, 0.3) is 0 Å². The number of carbonyl (C=O) groups excluding carboxylic acids is 1. The van der Waals surface area contributed by atoms with Gasteiger partial charge in [-0.15, -0.1) is 0 Å². The topological polar surface area (TPSA) is 93.5 Å². The van der Waals surface area contributed by atoms with Gasteiger partial charge in [-0.1, -0.05) is 6.92 Å². The van der Waals surface area contributed by atoms with Crippen molar-refractivity contribution in [3.63, 3.8) is 0 Å². The number of halogens is 3. The predicted molar refractivity (Wildman–Crippen MR) is 103 cm³/mol. The maximum Gasteiger partial charge on any atom is 0.277 e. The van der Waals surface area contributed by atoms with Crippen LogP contribution in [0.5, 0.6) is 0 Å². The molecule has 1 aliphatic rings. The van der Waals surface area contributed by atoms with E-state index in [0.717, 1.165) is 6.07 Å². The quantitative estimate of drug-likeness (QED) is 0.758. The molecule has 1 amide bonds. The lowest BCUT2D eigenvalue weighted by atomic mass is 9.74. The molecule has 1 aromatic carbocycles. The molecule has 0 spiro atoms. The van der Waals surface area contributed by atoms with Crippen LogP contribution in [-0.4, -0.2) is 30.1 Å². The van der Waals surface area contributed by atoms with E-state index in [4.69, 9.17) is 10.2 Å². The van der Waals surface area contributed by atoms with Crippen LogP contribution in [0.1, 0.15) is 41.7 Å². The van der Waals surface area contributed by atoms with E-state index in [0.29, 0.717) is 12.3 Å². The van der Waals surface area contributed by atoms with Gasteiger partial charge in [0.1, 0.15) is 24.3 Å². The van der Waals surface area contributed by atoms with Crippen molar-refractivity contribution in [2.24, 2.45) is 22.6 Å². The SMILES string of the molecule is CCC1C(N)=N[C@](CF)(c2cc(NC(=O)c3coc(C)n3)ccc2F)C[C@H]1CF. The molecule has 156 valence electrons. The summed E-state index contributed by atoms with van der Waals surface area (Å²) in [5.74, 6) is -1.72. The number of hydrogen-bond donors (Lipinski definition) is 2. The summed E-state index contributed by atoms with van der Waals surface area (Å²) in [6.07, 6.45) is 1.74. The number of anilines is 1. The molecule has 6 nitrogen and oxygen atoms in total. The van der Waals surface area contributed by atoms with Crippen molar-refractivity contribution in [3.8, 4) is 0 Å². The number of nitrogens with zero attached hydrogens (tertiary/aromatic N) is 2. The Balaban J connectivity index is 1.97. The molecule has 0 saturated heterocycles. The molecule has 29 heavy (non-hydrogen) atoms. The van der Waals surface area contributed by atoms with Crippen LogP contribution in [0, 0.1) is 24.6 Å². The number of rotatable bonds is 6. The molecule has 3 rings (SSSR count). The second kappa shape index (κ2) is 8.26. The van der Waals surface area contributed by atoms with E-state index in [1.807, 2.05) is 6.92 Å². The number of nitrogens with two attached hydrogens (primary N) is 1. The number of amides is 1. The van der Waals surface area contributed by atoms with E-state index in [1.165, 1.54) is 18.4 Å². The van der Waals surface area contributed by atoms with Crippen LogP contribution in [-0.2, 0) is 5.54 Å². The Labute approximate surface area is 166 Å². The van der Waals surface area contributed by atoms with Gasteiger partial charge >= 0.3 is 0 Å². The van der Waals surface area contributed by atoms with Crippen LogP contribution >= 0.6 is 0 Å². The van der Waals surface area contributed by atoms with Crippen molar-refractivity contribution in [1.82, 2.24) is 4.98 Å². The number of oxazole rings is 1. The molecule has 1 aliphatic heterocycles. The largest absolute Gasteiger partial charge is 0.448 e. The summed E-state index contributed by atoms with van der Waals surface area (Å²) >= 11 is 0. The summed E-state index contributed by atoms with van der Waals surface area (Å²) in [7, 11) is 0. The van der Waals surface area contributed by atoms with Gasteiger partial charge in [0.15, 0.2) is 11.6 Å². The minimum Gasteiger partial charge on any atom is -0.448 e. The first-order chi connectivity index (χ1) is 13.8. The fourth-order valence-electron chi connectivity index (χ4n) is 3.85. The van der Waals surface area contributed by atoms with E-state index in [1.54, 1.807) is 6.92 Å². The van der Waals surface area contributed by atoms with E-state index >= 15 is 0 Å². The first-order valence-corrected chi connectivity index (χ1v) is 9.34. The Morgan fingerprint density at radius 1 is 1.41 bits per heavy atom. The van der Waals surface area contributed by atoms with Crippen molar-refractivity contribution in [2.75, 3.05) is 18.7 Å². The zero-order chi connectivity index (χ0) is 21.2. The summed E-state index contributed by atoms with van der Waals surface area (Å²) in [5.41, 5.74) is 4.56. The van der Waals surface area contributed by atoms with Crippen molar-refractivity contribution >= 4 is 17.4 Å². The molecule has 1 unspecified atom stereocenters. The molecule has 2 aromatic rings. The van der Waals surface area contributed by atoms with E-state index in [2.05, 4.69) is 15.3 Å². The molecule has 9 heteroatoms. The van der Waals surface area contributed by atoms with Crippen LogP contribution in [0.3, 0.4) is 0 Å². The molecule has 0 saturated carbocycles. The van der Waals surface area contributed by atoms with E-state index in [9.17, 15) is 18.0 Å². The van der Waals surface area contributed by atoms with Gasteiger partial charge in [0.25, 0.3) is 5.91 Å². The van der Waals surface area contributed by atoms with Gasteiger partial charge in [0.05, 0.1) is 12.5 Å². The zero-order valence-corrected chi connectivity index (χ0v) is 16.2. The third-order valence-electron chi connectivity index (χ3n) is 5.33. The Kier molecular flexibility index (Phi) is 5.95. The molecule has 0 radical (unpaired) electrons. The first kappa shape index (κ1) is 20.9. The van der Waals surface area contributed by atoms with Crippen LogP contribution in [0.15, 0.2) is 33.9 Å². The van der Waals surface area contributed by atoms with E-state index in [-0.39, 0.29) is 35.1 Å². The molecule has 3 atom stereocenters. The Hall–Kier alpha value is -2.84.